The van der Waals surface area contributed by atoms with Crippen molar-refractivity contribution >= 4 is 11.7 Å². The van der Waals surface area contributed by atoms with Crippen molar-refractivity contribution in [3.63, 3.8) is 0 Å². The van der Waals surface area contributed by atoms with E-state index in [2.05, 4.69) is 15.3 Å². The number of aryl methyl sites for hydroxylation is 2. The molecule has 1 unspecified atom stereocenters. The first-order chi connectivity index (χ1) is 15.3. The highest BCUT2D eigenvalue weighted by Crippen LogP contribution is 2.26. The minimum absolute atomic E-state index is 0.0167. The molecule has 2 heterocycles. The van der Waals surface area contributed by atoms with Gasteiger partial charge in [0.25, 0.3) is 5.91 Å². The Morgan fingerprint density at radius 3 is 2.36 bits per heavy atom. The molecule has 0 aliphatic rings. The number of nitrogens with zero attached hydrogens (tertiary/aromatic N) is 2. The molecule has 0 aliphatic heterocycles. The quantitative estimate of drug-likeness (QED) is 0.513. The molecule has 0 saturated carbocycles. The predicted octanol–water partition coefficient (Wildman–Crippen LogP) is 4.63. The van der Waals surface area contributed by atoms with E-state index in [1.165, 1.54) is 13.1 Å². The number of Topliss-reactive ketones (excluding diaryl/α,β-unsaturated/α-hetero) is 1. The number of carbonyl (C=O) groups excluding carboxylic acids is 2. The second-order valence-corrected chi connectivity index (χ2v) is 8.22. The van der Waals surface area contributed by atoms with Crippen LogP contribution in [0.2, 0.25) is 0 Å². The molecule has 0 radical (unpaired) electrons. The summed E-state index contributed by atoms with van der Waals surface area (Å²) in [5.74, 6) is -4.99. The third-order valence-electron chi connectivity index (χ3n) is 4.89. The average Bonchev–Trinajstić information content (AvgIpc) is 2.72. The third-order valence-corrected chi connectivity index (χ3v) is 4.89. The van der Waals surface area contributed by atoms with Gasteiger partial charge in [0.2, 0.25) is 5.88 Å². The van der Waals surface area contributed by atoms with Gasteiger partial charge in [-0.3, -0.25) is 14.6 Å². The number of hydrogen-bond donors (Lipinski definition) is 1. The molecular formula is C23H27F4N3O3. The summed E-state index contributed by atoms with van der Waals surface area (Å²) in [6, 6.07) is 4.24. The summed E-state index contributed by atoms with van der Waals surface area (Å²) in [4.78, 5) is 33.0. The fourth-order valence-corrected chi connectivity index (χ4v) is 2.90. The van der Waals surface area contributed by atoms with E-state index in [1.54, 1.807) is 45.9 Å². The van der Waals surface area contributed by atoms with Gasteiger partial charge in [0.15, 0.2) is 6.61 Å². The summed E-state index contributed by atoms with van der Waals surface area (Å²) in [7, 11) is 0. The molecule has 2 rings (SSSR count). The van der Waals surface area contributed by atoms with Crippen molar-refractivity contribution in [1.29, 1.82) is 0 Å². The minimum Gasteiger partial charge on any atom is -0.471 e. The molecule has 6 nitrogen and oxygen atoms in total. The number of hydrogen-bond acceptors (Lipinski definition) is 5. The largest absolute Gasteiger partial charge is 0.471 e. The van der Waals surface area contributed by atoms with E-state index in [-0.39, 0.29) is 29.9 Å². The van der Waals surface area contributed by atoms with E-state index in [4.69, 9.17) is 4.74 Å². The van der Waals surface area contributed by atoms with E-state index in [1.807, 2.05) is 0 Å². The van der Waals surface area contributed by atoms with Gasteiger partial charge >= 0.3 is 12.3 Å². The fraction of sp³-hybridized carbons (Fsp3) is 0.478. The van der Waals surface area contributed by atoms with Crippen LogP contribution in [0.1, 0.15) is 59.7 Å². The van der Waals surface area contributed by atoms with Crippen molar-refractivity contribution in [2.24, 2.45) is 5.92 Å². The maximum atomic E-state index is 13.1. The number of ether oxygens (including phenoxy) is 1. The zero-order chi connectivity index (χ0) is 24.9. The molecule has 2 aromatic heterocycles. The molecule has 1 N–H and O–H groups in total. The Kier molecular flexibility index (Phi) is 8.51. The molecule has 10 heteroatoms. The van der Waals surface area contributed by atoms with Crippen LogP contribution in [0, 0.1) is 19.8 Å². The standard InChI is InChI=1S/C23H27F4N3O3/c1-12(2)19(31)9-18-8-16(7-14(4)29-18)20(32)30-15(5)17-6-13(3)21(28-10-17)33-11-23(26,27)22(24)25/h6-8,10,12,15,22H,9,11H2,1-5H3,(H,30,32). The Morgan fingerprint density at radius 1 is 1.12 bits per heavy atom. The maximum Gasteiger partial charge on any atom is 0.340 e. The highest BCUT2D eigenvalue weighted by atomic mass is 19.3. The molecule has 0 bridgehead atoms. The number of halogens is 4. The van der Waals surface area contributed by atoms with Crippen LogP contribution in [-0.2, 0) is 11.2 Å². The van der Waals surface area contributed by atoms with Crippen LogP contribution in [-0.4, -0.2) is 40.6 Å². The van der Waals surface area contributed by atoms with E-state index in [0.717, 1.165) is 0 Å². The monoisotopic (exact) mass is 469 g/mol. The fourth-order valence-electron chi connectivity index (χ4n) is 2.90. The minimum atomic E-state index is -4.28. The number of ketones is 1. The number of alkyl halides is 4. The van der Waals surface area contributed by atoms with Gasteiger partial charge in [-0.15, -0.1) is 0 Å². The van der Waals surface area contributed by atoms with Crippen LogP contribution in [0.5, 0.6) is 5.88 Å². The van der Waals surface area contributed by atoms with Crippen molar-refractivity contribution in [2.45, 2.75) is 59.4 Å². The van der Waals surface area contributed by atoms with Crippen LogP contribution in [0.25, 0.3) is 0 Å². The van der Waals surface area contributed by atoms with Gasteiger partial charge in [-0.2, -0.15) is 8.78 Å². The zero-order valence-electron chi connectivity index (χ0n) is 19.1. The summed E-state index contributed by atoms with van der Waals surface area (Å²) in [6.45, 7) is 7.07. The molecule has 2 aromatic rings. The van der Waals surface area contributed by atoms with E-state index < -0.39 is 25.0 Å². The topological polar surface area (TPSA) is 81.2 Å². The summed E-state index contributed by atoms with van der Waals surface area (Å²) >= 11 is 0. The number of nitrogens with one attached hydrogen (secondary N) is 1. The van der Waals surface area contributed by atoms with Gasteiger partial charge in [0.05, 0.1) is 6.04 Å². The van der Waals surface area contributed by atoms with Crippen molar-refractivity contribution in [1.82, 2.24) is 15.3 Å². The van der Waals surface area contributed by atoms with Crippen molar-refractivity contribution in [2.75, 3.05) is 6.61 Å². The van der Waals surface area contributed by atoms with Gasteiger partial charge in [-0.25, -0.2) is 13.8 Å². The van der Waals surface area contributed by atoms with Crippen LogP contribution < -0.4 is 10.1 Å². The van der Waals surface area contributed by atoms with E-state index in [0.29, 0.717) is 28.1 Å². The Labute approximate surface area is 189 Å². The lowest BCUT2D eigenvalue weighted by Crippen LogP contribution is -2.34. The highest BCUT2D eigenvalue weighted by Gasteiger charge is 2.42. The van der Waals surface area contributed by atoms with Crippen molar-refractivity contribution in [3.8, 4) is 5.88 Å². The normalized spacial score (nSPS) is 12.7. The third kappa shape index (κ3) is 7.23. The maximum absolute atomic E-state index is 13.1. The summed E-state index contributed by atoms with van der Waals surface area (Å²) in [5, 5.41) is 2.81. The van der Waals surface area contributed by atoms with E-state index >= 15 is 0 Å². The molecule has 0 aliphatic carbocycles. The van der Waals surface area contributed by atoms with Crippen LogP contribution >= 0.6 is 0 Å². The van der Waals surface area contributed by atoms with Gasteiger partial charge in [-0.05, 0) is 44.5 Å². The smallest absolute Gasteiger partial charge is 0.340 e. The summed E-state index contributed by atoms with van der Waals surface area (Å²) in [5.41, 5.74) is 2.37. The van der Waals surface area contributed by atoms with Gasteiger partial charge in [0.1, 0.15) is 5.78 Å². The zero-order valence-corrected chi connectivity index (χ0v) is 19.1. The Hall–Kier alpha value is -3.04. The summed E-state index contributed by atoms with van der Waals surface area (Å²) in [6.07, 6.45) is -2.39. The summed E-state index contributed by atoms with van der Waals surface area (Å²) < 4.78 is 55.5. The van der Waals surface area contributed by atoms with E-state index in [9.17, 15) is 27.2 Å². The molecular weight excluding hydrogens is 442 g/mol. The molecule has 33 heavy (non-hydrogen) atoms. The lowest BCUT2D eigenvalue weighted by molar-refractivity contribution is -0.148. The number of amides is 1. The molecule has 0 aromatic carbocycles. The highest BCUT2D eigenvalue weighted by molar-refractivity contribution is 5.95. The van der Waals surface area contributed by atoms with Crippen molar-refractivity contribution in [3.05, 3.63) is 52.5 Å². The van der Waals surface area contributed by atoms with Crippen LogP contribution in [0.15, 0.2) is 24.4 Å². The molecule has 0 spiro atoms. The van der Waals surface area contributed by atoms with Crippen LogP contribution in [0.4, 0.5) is 17.6 Å². The second-order valence-electron chi connectivity index (χ2n) is 8.22. The van der Waals surface area contributed by atoms with Gasteiger partial charge < -0.3 is 10.1 Å². The van der Waals surface area contributed by atoms with Crippen molar-refractivity contribution < 1.29 is 31.9 Å². The SMILES string of the molecule is Cc1cc(C(=O)NC(C)c2cnc(OCC(F)(F)C(F)F)c(C)c2)cc(CC(=O)C(C)C)n1. The molecule has 0 saturated heterocycles. The Balaban J connectivity index is 2.09. The number of rotatable bonds is 10. The second kappa shape index (κ2) is 10.7. The first-order valence-electron chi connectivity index (χ1n) is 10.4. The molecule has 0 fully saturated rings. The predicted molar refractivity (Wildman–Crippen MR) is 114 cm³/mol. The van der Waals surface area contributed by atoms with Gasteiger partial charge in [0, 0.05) is 41.1 Å². The lowest BCUT2D eigenvalue weighted by atomic mass is 10.0. The number of pyridine rings is 2. The first kappa shape index (κ1) is 26.2. The van der Waals surface area contributed by atoms with Crippen LogP contribution in [0.3, 0.4) is 0 Å². The Bertz CT molecular complexity index is 1010. The first-order valence-corrected chi connectivity index (χ1v) is 10.4. The lowest BCUT2D eigenvalue weighted by Gasteiger charge is -2.18. The Morgan fingerprint density at radius 2 is 1.79 bits per heavy atom. The molecule has 1 atom stereocenters. The average molecular weight is 469 g/mol. The number of aromatic nitrogens is 2. The molecule has 1 amide bonds. The number of carbonyl (C=O) groups is 2. The molecule has 180 valence electrons. The van der Waals surface area contributed by atoms with Gasteiger partial charge in [-0.1, -0.05) is 13.8 Å².